The van der Waals surface area contributed by atoms with Gasteiger partial charge in [0.25, 0.3) is 0 Å². The summed E-state index contributed by atoms with van der Waals surface area (Å²) in [6.07, 6.45) is 0. The number of hydrogen-bond donors (Lipinski definition) is 1. The van der Waals surface area contributed by atoms with Gasteiger partial charge < -0.3 is 14.6 Å². The van der Waals surface area contributed by atoms with Crippen molar-refractivity contribution in [2.45, 2.75) is 33.4 Å². The number of rotatable bonds is 5. The summed E-state index contributed by atoms with van der Waals surface area (Å²) in [5.74, 6) is 2.60. The lowest BCUT2D eigenvalue weighted by atomic mass is 10.0. The number of aryl methyl sites for hydroxylation is 2. The van der Waals surface area contributed by atoms with Gasteiger partial charge >= 0.3 is 0 Å². The molecule has 0 aliphatic carbocycles. The Morgan fingerprint density at radius 1 is 1.30 bits per heavy atom. The summed E-state index contributed by atoms with van der Waals surface area (Å²) in [7, 11) is 3.89. The lowest BCUT2D eigenvalue weighted by Crippen LogP contribution is -2.14. The molecule has 0 aliphatic heterocycles. The van der Waals surface area contributed by atoms with Crippen LogP contribution in [0, 0.1) is 13.8 Å². The molecule has 2 rings (SSSR count). The quantitative estimate of drug-likeness (QED) is 0.909. The number of nitrogens with one attached hydrogen (secondary N) is 1. The molecule has 0 radical (unpaired) electrons. The fourth-order valence-electron chi connectivity index (χ4n) is 2.01. The van der Waals surface area contributed by atoms with Crippen molar-refractivity contribution in [1.82, 2.24) is 20.1 Å². The van der Waals surface area contributed by atoms with Crippen molar-refractivity contribution in [2.75, 3.05) is 7.05 Å². The number of hydrogen-bond acceptors (Lipinski definition) is 4. The Morgan fingerprint density at radius 3 is 2.65 bits per heavy atom. The Kier molecular flexibility index (Phi) is 4.39. The van der Waals surface area contributed by atoms with E-state index >= 15 is 0 Å². The molecular weight excluding hydrogens is 252 g/mol. The van der Waals surface area contributed by atoms with E-state index in [0.717, 1.165) is 23.0 Å². The topological polar surface area (TPSA) is 52.0 Å². The molecule has 0 saturated heterocycles. The summed E-state index contributed by atoms with van der Waals surface area (Å²) < 4.78 is 7.87. The lowest BCUT2D eigenvalue weighted by molar-refractivity contribution is 0.285. The second-order valence-corrected chi connectivity index (χ2v) is 5.06. The average Bonchev–Trinajstić information content (AvgIpc) is 2.76. The Bertz CT molecular complexity index is 592. The fraction of sp³-hybridized carbons (Fsp3) is 0.467. The van der Waals surface area contributed by atoms with Gasteiger partial charge in [-0.05, 0) is 33.9 Å². The zero-order chi connectivity index (χ0) is 14.7. The van der Waals surface area contributed by atoms with E-state index < -0.39 is 0 Å². The molecule has 5 nitrogen and oxygen atoms in total. The van der Waals surface area contributed by atoms with Crippen molar-refractivity contribution in [2.24, 2.45) is 7.05 Å². The second kappa shape index (κ2) is 6.05. The van der Waals surface area contributed by atoms with Gasteiger partial charge in [0.15, 0.2) is 5.82 Å². The third-order valence-corrected chi connectivity index (χ3v) is 3.60. The number of aromatic nitrogens is 3. The molecule has 1 unspecified atom stereocenters. The summed E-state index contributed by atoms with van der Waals surface area (Å²) in [4.78, 5) is 0. The van der Waals surface area contributed by atoms with Crippen LogP contribution >= 0.6 is 0 Å². The van der Waals surface area contributed by atoms with E-state index in [1.165, 1.54) is 5.56 Å². The first-order chi connectivity index (χ1) is 9.52. The van der Waals surface area contributed by atoms with Crippen molar-refractivity contribution in [3.05, 3.63) is 41.0 Å². The summed E-state index contributed by atoms with van der Waals surface area (Å²) in [6.45, 7) is 6.55. The Labute approximate surface area is 120 Å². The molecule has 0 spiro atoms. The highest BCUT2D eigenvalue weighted by Crippen LogP contribution is 2.26. The zero-order valence-electron chi connectivity index (χ0n) is 12.8. The minimum Gasteiger partial charge on any atom is -0.485 e. The first kappa shape index (κ1) is 14.5. The molecule has 2 aromatic rings. The van der Waals surface area contributed by atoms with E-state index in [-0.39, 0.29) is 6.04 Å². The zero-order valence-corrected chi connectivity index (χ0v) is 12.8. The molecule has 1 heterocycles. The van der Waals surface area contributed by atoms with Gasteiger partial charge in [-0.2, -0.15) is 0 Å². The predicted octanol–water partition coefficient (Wildman–Crippen LogP) is 2.29. The van der Waals surface area contributed by atoms with Crippen LogP contribution in [0.3, 0.4) is 0 Å². The minimum absolute atomic E-state index is 0.242. The van der Waals surface area contributed by atoms with E-state index in [4.69, 9.17) is 4.74 Å². The van der Waals surface area contributed by atoms with Crippen LogP contribution in [0.15, 0.2) is 18.2 Å². The molecule has 1 aromatic carbocycles. The van der Waals surface area contributed by atoms with Crippen molar-refractivity contribution in [3.63, 3.8) is 0 Å². The third-order valence-electron chi connectivity index (χ3n) is 3.60. The highest BCUT2D eigenvalue weighted by molar-refractivity contribution is 5.39. The summed E-state index contributed by atoms with van der Waals surface area (Å²) in [5, 5.41) is 11.4. The lowest BCUT2D eigenvalue weighted by Gasteiger charge is -2.17. The SMILES string of the molecule is CNC(C)c1cc(C)ccc1OCc1nnc(C)n1C. The van der Waals surface area contributed by atoms with Crippen LogP contribution in [0.1, 0.15) is 35.7 Å². The molecule has 0 amide bonds. The largest absolute Gasteiger partial charge is 0.485 e. The van der Waals surface area contributed by atoms with Crippen LogP contribution in [-0.4, -0.2) is 21.8 Å². The maximum atomic E-state index is 5.93. The molecule has 0 fully saturated rings. The first-order valence-electron chi connectivity index (χ1n) is 6.78. The highest BCUT2D eigenvalue weighted by atomic mass is 16.5. The molecule has 1 N–H and O–H groups in total. The third kappa shape index (κ3) is 2.99. The molecule has 0 bridgehead atoms. The fourth-order valence-corrected chi connectivity index (χ4v) is 2.01. The Balaban J connectivity index is 2.19. The van der Waals surface area contributed by atoms with Gasteiger partial charge in [0.1, 0.15) is 18.2 Å². The van der Waals surface area contributed by atoms with Crippen LogP contribution in [0.5, 0.6) is 5.75 Å². The monoisotopic (exact) mass is 274 g/mol. The Hall–Kier alpha value is -1.88. The van der Waals surface area contributed by atoms with Gasteiger partial charge in [-0.25, -0.2) is 0 Å². The van der Waals surface area contributed by atoms with Crippen molar-refractivity contribution >= 4 is 0 Å². The predicted molar refractivity (Wildman–Crippen MR) is 78.7 cm³/mol. The van der Waals surface area contributed by atoms with Crippen LogP contribution in [0.25, 0.3) is 0 Å². The van der Waals surface area contributed by atoms with E-state index in [1.54, 1.807) is 0 Å². The van der Waals surface area contributed by atoms with E-state index in [2.05, 4.69) is 41.5 Å². The normalized spacial score (nSPS) is 12.4. The molecule has 0 aliphatic rings. The van der Waals surface area contributed by atoms with Gasteiger partial charge in [0.05, 0.1) is 0 Å². The molecule has 5 heteroatoms. The van der Waals surface area contributed by atoms with Crippen LogP contribution in [0.2, 0.25) is 0 Å². The van der Waals surface area contributed by atoms with Crippen molar-refractivity contribution in [1.29, 1.82) is 0 Å². The van der Waals surface area contributed by atoms with E-state index in [1.807, 2.05) is 31.7 Å². The number of benzene rings is 1. The van der Waals surface area contributed by atoms with Gasteiger partial charge in [-0.1, -0.05) is 17.7 Å². The molecule has 20 heavy (non-hydrogen) atoms. The standard InChI is InChI=1S/C15H22N4O/c1-10-6-7-14(13(8-10)11(2)16-4)20-9-15-18-17-12(3)19(15)5/h6-8,11,16H,9H2,1-5H3. The van der Waals surface area contributed by atoms with Gasteiger partial charge in [-0.3, -0.25) is 0 Å². The minimum atomic E-state index is 0.242. The second-order valence-electron chi connectivity index (χ2n) is 5.06. The van der Waals surface area contributed by atoms with Crippen LogP contribution in [-0.2, 0) is 13.7 Å². The first-order valence-corrected chi connectivity index (χ1v) is 6.78. The smallest absolute Gasteiger partial charge is 0.170 e. The van der Waals surface area contributed by atoms with Crippen molar-refractivity contribution in [3.8, 4) is 5.75 Å². The molecule has 0 saturated carbocycles. The molecule has 108 valence electrons. The average molecular weight is 274 g/mol. The van der Waals surface area contributed by atoms with Crippen LogP contribution in [0.4, 0.5) is 0 Å². The Morgan fingerprint density at radius 2 is 2.05 bits per heavy atom. The maximum Gasteiger partial charge on any atom is 0.170 e. The van der Waals surface area contributed by atoms with E-state index in [0.29, 0.717) is 6.61 Å². The van der Waals surface area contributed by atoms with Crippen molar-refractivity contribution < 1.29 is 4.74 Å². The molecule has 1 atom stereocenters. The summed E-state index contributed by atoms with van der Waals surface area (Å²) >= 11 is 0. The van der Waals surface area contributed by atoms with E-state index in [9.17, 15) is 0 Å². The number of ether oxygens (including phenoxy) is 1. The molecular formula is C15H22N4O. The van der Waals surface area contributed by atoms with Gasteiger partial charge in [-0.15, -0.1) is 10.2 Å². The van der Waals surface area contributed by atoms with Crippen LogP contribution < -0.4 is 10.1 Å². The summed E-state index contributed by atoms with van der Waals surface area (Å²) in [5.41, 5.74) is 2.38. The van der Waals surface area contributed by atoms with Gasteiger partial charge in [0, 0.05) is 18.7 Å². The highest BCUT2D eigenvalue weighted by Gasteiger charge is 2.12. The van der Waals surface area contributed by atoms with Gasteiger partial charge in [0.2, 0.25) is 0 Å². The molecule has 1 aromatic heterocycles. The summed E-state index contributed by atoms with van der Waals surface area (Å²) in [6, 6.07) is 6.47. The maximum absolute atomic E-state index is 5.93. The number of nitrogens with zero attached hydrogens (tertiary/aromatic N) is 3.